The van der Waals surface area contributed by atoms with E-state index in [1.807, 2.05) is 20.8 Å². The lowest BCUT2D eigenvalue weighted by Crippen LogP contribution is -2.43. The quantitative estimate of drug-likeness (QED) is 0.592. The summed E-state index contributed by atoms with van der Waals surface area (Å²) in [6.45, 7) is 6.60. The maximum atomic E-state index is 12.7. The minimum Gasteiger partial charge on any atom is -0.455 e. The number of hydrogen-bond acceptors (Lipinski definition) is 7. The van der Waals surface area contributed by atoms with Crippen molar-refractivity contribution in [3.8, 4) is 0 Å². The Kier molecular flexibility index (Phi) is 4.79. The van der Waals surface area contributed by atoms with Crippen LogP contribution in [0.15, 0.2) is 12.4 Å². The van der Waals surface area contributed by atoms with Crippen LogP contribution in [0.3, 0.4) is 0 Å². The third kappa shape index (κ3) is 3.53. The van der Waals surface area contributed by atoms with Crippen LogP contribution in [0.5, 0.6) is 0 Å². The molecule has 0 aromatic carbocycles. The molecule has 160 valence electrons. The first kappa shape index (κ1) is 20.3. The van der Waals surface area contributed by atoms with Gasteiger partial charge in [-0.3, -0.25) is 14.9 Å². The van der Waals surface area contributed by atoms with Crippen LogP contribution in [-0.4, -0.2) is 51.0 Å². The number of anilines is 1. The van der Waals surface area contributed by atoms with Gasteiger partial charge in [-0.05, 0) is 46.1 Å². The largest absolute Gasteiger partial charge is 0.455 e. The Hall–Kier alpha value is -2.97. The second-order valence-corrected chi connectivity index (χ2v) is 9.21. The summed E-state index contributed by atoms with van der Waals surface area (Å²) in [6.07, 6.45) is 3.87. The number of carbonyl (C=O) groups is 3. The van der Waals surface area contributed by atoms with Crippen molar-refractivity contribution in [2.75, 3.05) is 18.0 Å². The van der Waals surface area contributed by atoms with Gasteiger partial charge in [0, 0.05) is 26.6 Å². The molecule has 1 N–H and O–H groups in total. The predicted molar refractivity (Wildman–Crippen MR) is 110 cm³/mol. The van der Waals surface area contributed by atoms with E-state index in [0.29, 0.717) is 55.9 Å². The smallest absolute Gasteiger partial charge is 0.355 e. The van der Waals surface area contributed by atoms with Gasteiger partial charge in [0.15, 0.2) is 0 Å². The molecule has 2 aromatic rings. The first-order valence-corrected chi connectivity index (χ1v) is 10.2. The maximum Gasteiger partial charge on any atom is 0.355 e. The van der Waals surface area contributed by atoms with Crippen LogP contribution >= 0.6 is 0 Å². The Labute approximate surface area is 174 Å². The van der Waals surface area contributed by atoms with E-state index in [2.05, 4.69) is 20.2 Å². The van der Waals surface area contributed by atoms with E-state index >= 15 is 0 Å². The fourth-order valence-corrected chi connectivity index (χ4v) is 4.36. The second-order valence-electron chi connectivity index (χ2n) is 9.21. The molecule has 4 heterocycles. The van der Waals surface area contributed by atoms with Gasteiger partial charge in [-0.1, -0.05) is 0 Å². The normalized spacial score (nSPS) is 22.5. The number of nitrogens with zero attached hydrogens (tertiary/aromatic N) is 4. The second kappa shape index (κ2) is 7.07. The van der Waals surface area contributed by atoms with Gasteiger partial charge in [-0.25, -0.2) is 14.8 Å². The highest BCUT2D eigenvalue weighted by molar-refractivity contribution is 6.01. The van der Waals surface area contributed by atoms with Crippen molar-refractivity contribution in [2.45, 2.75) is 52.1 Å². The summed E-state index contributed by atoms with van der Waals surface area (Å²) in [7, 11) is 1.77. The lowest BCUT2D eigenvalue weighted by atomic mass is 9.82. The van der Waals surface area contributed by atoms with E-state index in [1.54, 1.807) is 17.7 Å². The van der Waals surface area contributed by atoms with Gasteiger partial charge in [-0.2, -0.15) is 0 Å². The molecule has 0 aliphatic carbocycles. The average molecular weight is 413 g/mol. The number of hydrogen-bond donors (Lipinski definition) is 1. The summed E-state index contributed by atoms with van der Waals surface area (Å²) >= 11 is 0. The van der Waals surface area contributed by atoms with E-state index in [4.69, 9.17) is 4.74 Å². The van der Waals surface area contributed by atoms with Crippen molar-refractivity contribution in [1.82, 2.24) is 19.9 Å². The highest BCUT2D eigenvalue weighted by atomic mass is 16.6. The number of rotatable bonds is 2. The maximum absolute atomic E-state index is 12.7. The van der Waals surface area contributed by atoms with Gasteiger partial charge in [0.1, 0.15) is 29.1 Å². The SMILES string of the molecule is Cn1c(C(=O)OC(C)(C)C)cc2c(N3CCC4(CCCC(=O)NC4=O)C3)ncnc21. The molecule has 2 amide bonds. The minimum atomic E-state index is -0.604. The van der Waals surface area contributed by atoms with Crippen molar-refractivity contribution in [1.29, 1.82) is 0 Å². The molecule has 2 fully saturated rings. The number of fused-ring (bicyclic) bond motifs is 1. The molecular formula is C21H27N5O4. The van der Waals surface area contributed by atoms with E-state index in [9.17, 15) is 14.4 Å². The Morgan fingerprint density at radius 3 is 2.73 bits per heavy atom. The molecule has 9 heteroatoms. The number of aryl methyl sites for hydroxylation is 1. The number of ether oxygens (including phenoxy) is 1. The molecule has 4 rings (SSSR count). The summed E-state index contributed by atoms with van der Waals surface area (Å²) in [6, 6.07) is 1.75. The summed E-state index contributed by atoms with van der Waals surface area (Å²) < 4.78 is 7.23. The summed E-state index contributed by atoms with van der Waals surface area (Å²) in [4.78, 5) is 48.0. The predicted octanol–water partition coefficient (Wildman–Crippen LogP) is 1.95. The molecule has 2 aliphatic rings. The van der Waals surface area contributed by atoms with Gasteiger partial charge in [0.05, 0.1) is 10.8 Å². The van der Waals surface area contributed by atoms with Crippen LogP contribution < -0.4 is 10.2 Å². The Balaban J connectivity index is 1.67. The van der Waals surface area contributed by atoms with Gasteiger partial charge in [0.2, 0.25) is 11.8 Å². The van der Waals surface area contributed by atoms with Crippen LogP contribution in [0.1, 0.15) is 56.9 Å². The molecule has 9 nitrogen and oxygen atoms in total. The van der Waals surface area contributed by atoms with Crippen LogP contribution in [-0.2, 0) is 21.4 Å². The third-order valence-electron chi connectivity index (χ3n) is 5.86. The molecule has 2 aromatic heterocycles. The third-order valence-corrected chi connectivity index (χ3v) is 5.86. The lowest BCUT2D eigenvalue weighted by Gasteiger charge is -2.26. The van der Waals surface area contributed by atoms with Gasteiger partial charge in [0.25, 0.3) is 0 Å². The molecule has 2 saturated heterocycles. The van der Waals surface area contributed by atoms with Crippen molar-refractivity contribution < 1.29 is 19.1 Å². The zero-order valence-corrected chi connectivity index (χ0v) is 17.8. The van der Waals surface area contributed by atoms with Gasteiger partial charge < -0.3 is 14.2 Å². The van der Waals surface area contributed by atoms with Crippen LogP contribution in [0.2, 0.25) is 0 Å². The van der Waals surface area contributed by atoms with Gasteiger partial charge in [-0.15, -0.1) is 0 Å². The fourth-order valence-electron chi connectivity index (χ4n) is 4.36. The molecule has 0 radical (unpaired) electrons. The van der Waals surface area contributed by atoms with Crippen LogP contribution in [0.25, 0.3) is 11.0 Å². The van der Waals surface area contributed by atoms with Crippen molar-refractivity contribution >= 4 is 34.6 Å². The van der Waals surface area contributed by atoms with Crippen molar-refractivity contribution in [3.63, 3.8) is 0 Å². The van der Waals surface area contributed by atoms with Crippen LogP contribution in [0, 0.1) is 5.41 Å². The number of imide groups is 1. The first-order valence-electron chi connectivity index (χ1n) is 10.2. The first-order chi connectivity index (χ1) is 14.1. The van der Waals surface area contributed by atoms with Gasteiger partial charge >= 0.3 is 5.97 Å². The molecule has 30 heavy (non-hydrogen) atoms. The summed E-state index contributed by atoms with van der Waals surface area (Å²) in [5.41, 5.74) is -0.171. The zero-order chi connectivity index (χ0) is 21.7. The number of nitrogens with one attached hydrogen (secondary N) is 1. The highest BCUT2D eigenvalue weighted by Gasteiger charge is 2.46. The fraction of sp³-hybridized carbons (Fsp3) is 0.571. The lowest BCUT2D eigenvalue weighted by molar-refractivity contribution is -0.134. The van der Waals surface area contributed by atoms with E-state index in [-0.39, 0.29) is 11.8 Å². The van der Waals surface area contributed by atoms with Crippen LogP contribution in [0.4, 0.5) is 5.82 Å². The summed E-state index contributed by atoms with van der Waals surface area (Å²) in [5, 5.41) is 3.27. The van der Waals surface area contributed by atoms with Crippen molar-refractivity contribution in [2.24, 2.45) is 12.5 Å². The number of aromatic nitrogens is 3. The Morgan fingerprint density at radius 1 is 1.23 bits per heavy atom. The van der Waals surface area contributed by atoms with Crippen molar-refractivity contribution in [3.05, 3.63) is 18.1 Å². The minimum absolute atomic E-state index is 0.194. The monoisotopic (exact) mass is 413 g/mol. The molecule has 0 bridgehead atoms. The number of esters is 1. The average Bonchev–Trinajstić information content (AvgIpc) is 3.19. The van der Waals surface area contributed by atoms with E-state index in [1.165, 1.54) is 6.33 Å². The molecule has 1 unspecified atom stereocenters. The molecule has 1 atom stereocenters. The number of carbonyl (C=O) groups excluding carboxylic acids is 3. The molecular weight excluding hydrogens is 386 g/mol. The van der Waals surface area contributed by atoms with E-state index < -0.39 is 17.0 Å². The summed E-state index contributed by atoms with van der Waals surface area (Å²) in [5.74, 6) is -0.135. The number of amides is 2. The molecule has 1 spiro atoms. The Morgan fingerprint density at radius 2 is 2.00 bits per heavy atom. The zero-order valence-electron chi connectivity index (χ0n) is 17.8. The van der Waals surface area contributed by atoms with E-state index in [0.717, 1.165) is 5.39 Å². The Bertz CT molecular complexity index is 1040. The standard InChI is InChI=1S/C21H27N5O4/c1-20(2,3)30-18(28)14-10-13-16(25(14)4)22-12-23-17(13)26-9-8-21(11-26)7-5-6-15(27)24-19(21)29/h10,12H,5-9,11H2,1-4H3,(H,24,27,29). The molecule has 0 saturated carbocycles. The molecule has 2 aliphatic heterocycles. The highest BCUT2D eigenvalue weighted by Crippen LogP contribution is 2.40. The topological polar surface area (TPSA) is 106 Å².